The second kappa shape index (κ2) is 9.81. The van der Waals surface area contributed by atoms with Crippen LogP contribution in [0.3, 0.4) is 0 Å². The number of hydrogen-bond acceptors (Lipinski definition) is 3. The van der Waals surface area contributed by atoms with Crippen LogP contribution in [0.1, 0.15) is 54.4 Å². The van der Waals surface area contributed by atoms with Gasteiger partial charge in [0.2, 0.25) is 11.8 Å². The molecule has 0 aliphatic carbocycles. The summed E-state index contributed by atoms with van der Waals surface area (Å²) in [7, 11) is 0. The number of aromatic carboxylic acids is 1. The van der Waals surface area contributed by atoms with Gasteiger partial charge in [0.1, 0.15) is 0 Å². The van der Waals surface area contributed by atoms with E-state index in [9.17, 15) is 14.4 Å². The van der Waals surface area contributed by atoms with Crippen molar-refractivity contribution < 1.29 is 19.5 Å². The molecule has 1 heterocycles. The van der Waals surface area contributed by atoms with Gasteiger partial charge in [-0.2, -0.15) is 0 Å². The first-order valence-corrected chi connectivity index (χ1v) is 8.93. The first kappa shape index (κ1) is 19.0. The van der Waals surface area contributed by atoms with Crippen LogP contribution in [0.4, 0.5) is 0 Å². The molecule has 1 aromatic rings. The van der Waals surface area contributed by atoms with E-state index >= 15 is 0 Å². The number of carbonyl (C=O) groups excluding carboxylic acids is 2. The highest BCUT2D eigenvalue weighted by atomic mass is 16.4. The smallest absolute Gasteiger partial charge is 0.335 e. The molecule has 1 aliphatic rings. The molecule has 0 unspecified atom stereocenters. The third-order valence-corrected chi connectivity index (χ3v) is 4.44. The second-order valence-corrected chi connectivity index (χ2v) is 6.40. The Hall–Kier alpha value is -2.37. The van der Waals surface area contributed by atoms with Gasteiger partial charge in [-0.1, -0.05) is 18.6 Å². The summed E-state index contributed by atoms with van der Waals surface area (Å²) in [6.45, 7) is 2.11. The predicted molar refractivity (Wildman–Crippen MR) is 94.4 cm³/mol. The van der Waals surface area contributed by atoms with Crippen LogP contribution >= 0.6 is 0 Å². The maximum atomic E-state index is 11.9. The van der Waals surface area contributed by atoms with Crippen LogP contribution in [-0.2, 0) is 16.0 Å². The number of carbonyl (C=O) groups is 3. The molecule has 136 valence electrons. The molecule has 2 rings (SSSR count). The van der Waals surface area contributed by atoms with Crippen molar-refractivity contribution >= 4 is 17.8 Å². The largest absolute Gasteiger partial charge is 0.478 e. The Morgan fingerprint density at radius 1 is 1.12 bits per heavy atom. The molecule has 2 N–H and O–H groups in total. The standard InChI is InChI=1S/C19H26N2O4/c22-17(11-8-15-6-9-16(10-7-15)19(24)25)20-12-4-14-21-13-3-1-2-5-18(21)23/h6-7,9-10H,1-5,8,11-14H2,(H,20,22)(H,24,25). The minimum atomic E-state index is -0.952. The van der Waals surface area contributed by atoms with Crippen LogP contribution in [0.2, 0.25) is 0 Å². The SMILES string of the molecule is O=C(CCc1ccc(C(=O)O)cc1)NCCCN1CCCCCC1=O. The van der Waals surface area contributed by atoms with Crippen LogP contribution < -0.4 is 5.32 Å². The number of hydrogen-bond donors (Lipinski definition) is 2. The van der Waals surface area contributed by atoms with Crippen molar-refractivity contribution in [3.63, 3.8) is 0 Å². The molecule has 0 radical (unpaired) electrons. The fraction of sp³-hybridized carbons (Fsp3) is 0.526. The van der Waals surface area contributed by atoms with Crippen molar-refractivity contribution in [2.75, 3.05) is 19.6 Å². The lowest BCUT2D eigenvalue weighted by Gasteiger charge is -2.20. The van der Waals surface area contributed by atoms with Crippen LogP contribution in [0.5, 0.6) is 0 Å². The summed E-state index contributed by atoms with van der Waals surface area (Å²) in [6.07, 6.45) is 5.54. The number of nitrogens with one attached hydrogen (secondary N) is 1. The first-order valence-electron chi connectivity index (χ1n) is 8.93. The predicted octanol–water partition coefficient (Wildman–Crippen LogP) is 2.23. The maximum absolute atomic E-state index is 11.9. The van der Waals surface area contributed by atoms with Gasteiger partial charge in [-0.25, -0.2) is 4.79 Å². The molecule has 0 spiro atoms. The van der Waals surface area contributed by atoms with Crippen molar-refractivity contribution in [3.8, 4) is 0 Å². The Balaban J connectivity index is 1.62. The normalized spacial score (nSPS) is 14.9. The number of carboxylic acids is 1. The molecule has 1 aliphatic heterocycles. The van der Waals surface area contributed by atoms with E-state index in [1.807, 2.05) is 4.90 Å². The highest BCUT2D eigenvalue weighted by molar-refractivity contribution is 5.87. The van der Waals surface area contributed by atoms with Gasteiger partial charge in [0.15, 0.2) is 0 Å². The highest BCUT2D eigenvalue weighted by Gasteiger charge is 2.15. The lowest BCUT2D eigenvalue weighted by atomic mass is 10.1. The molecule has 0 atom stereocenters. The van der Waals surface area contributed by atoms with Gasteiger partial charge in [-0.3, -0.25) is 9.59 Å². The molecule has 2 amide bonds. The average molecular weight is 346 g/mol. The minimum Gasteiger partial charge on any atom is -0.478 e. The molecule has 1 saturated heterocycles. The van der Waals surface area contributed by atoms with Crippen molar-refractivity contribution in [1.29, 1.82) is 0 Å². The number of likely N-dealkylation sites (tertiary alicyclic amines) is 1. The zero-order valence-electron chi connectivity index (χ0n) is 14.5. The maximum Gasteiger partial charge on any atom is 0.335 e. The average Bonchev–Trinajstić information content (AvgIpc) is 2.81. The van der Waals surface area contributed by atoms with Gasteiger partial charge >= 0.3 is 5.97 Å². The molecule has 0 bridgehead atoms. The van der Waals surface area contributed by atoms with Gasteiger partial charge in [-0.05, 0) is 43.4 Å². The van der Waals surface area contributed by atoms with Crippen molar-refractivity contribution in [2.45, 2.75) is 44.9 Å². The first-order chi connectivity index (χ1) is 12.1. The number of amides is 2. The summed E-state index contributed by atoms with van der Waals surface area (Å²) in [5.41, 5.74) is 1.19. The van der Waals surface area contributed by atoms with Gasteiger partial charge in [-0.15, -0.1) is 0 Å². The summed E-state index contributed by atoms with van der Waals surface area (Å²) in [5, 5.41) is 11.7. The third kappa shape index (κ3) is 6.57. The van der Waals surface area contributed by atoms with Crippen LogP contribution in [0.25, 0.3) is 0 Å². The van der Waals surface area contributed by atoms with Crippen LogP contribution in [-0.4, -0.2) is 47.4 Å². The topological polar surface area (TPSA) is 86.7 Å². The fourth-order valence-electron chi connectivity index (χ4n) is 2.93. The van der Waals surface area contributed by atoms with Crippen LogP contribution in [0, 0.1) is 0 Å². The van der Waals surface area contributed by atoms with Gasteiger partial charge in [0, 0.05) is 32.5 Å². The van der Waals surface area contributed by atoms with E-state index in [4.69, 9.17) is 5.11 Å². The summed E-state index contributed by atoms with van der Waals surface area (Å²) >= 11 is 0. The Kier molecular flexibility index (Phi) is 7.44. The second-order valence-electron chi connectivity index (χ2n) is 6.40. The molecule has 0 saturated carbocycles. The Labute approximate surface area is 148 Å². The highest BCUT2D eigenvalue weighted by Crippen LogP contribution is 2.11. The van der Waals surface area contributed by atoms with E-state index < -0.39 is 5.97 Å². The van der Waals surface area contributed by atoms with Crippen molar-refractivity contribution in [3.05, 3.63) is 35.4 Å². The third-order valence-electron chi connectivity index (χ3n) is 4.44. The fourth-order valence-corrected chi connectivity index (χ4v) is 2.93. The monoisotopic (exact) mass is 346 g/mol. The molecule has 0 aromatic heterocycles. The minimum absolute atomic E-state index is 0.0236. The molecule has 6 nitrogen and oxygen atoms in total. The Morgan fingerprint density at radius 2 is 1.88 bits per heavy atom. The van der Waals surface area contributed by atoms with E-state index in [1.165, 1.54) is 0 Å². The summed E-state index contributed by atoms with van der Waals surface area (Å²) in [5.74, 6) is -0.745. The summed E-state index contributed by atoms with van der Waals surface area (Å²) < 4.78 is 0. The van der Waals surface area contributed by atoms with E-state index in [0.717, 1.165) is 37.8 Å². The van der Waals surface area contributed by atoms with Gasteiger partial charge < -0.3 is 15.3 Å². The van der Waals surface area contributed by atoms with E-state index in [2.05, 4.69) is 5.32 Å². The number of carboxylic acid groups (broad SMARTS) is 1. The quantitative estimate of drug-likeness (QED) is 0.707. The molecule has 25 heavy (non-hydrogen) atoms. The Morgan fingerprint density at radius 3 is 2.60 bits per heavy atom. The molecule has 1 fully saturated rings. The zero-order valence-corrected chi connectivity index (χ0v) is 14.5. The van der Waals surface area contributed by atoms with Crippen molar-refractivity contribution in [2.24, 2.45) is 0 Å². The summed E-state index contributed by atoms with van der Waals surface area (Å²) in [6, 6.07) is 6.57. The number of nitrogens with zero attached hydrogens (tertiary/aromatic N) is 1. The summed E-state index contributed by atoms with van der Waals surface area (Å²) in [4.78, 5) is 36.4. The van der Waals surface area contributed by atoms with Gasteiger partial charge in [0.25, 0.3) is 0 Å². The van der Waals surface area contributed by atoms with E-state index in [-0.39, 0.29) is 17.4 Å². The number of benzene rings is 1. The lowest BCUT2D eigenvalue weighted by Crippen LogP contribution is -2.34. The molecular weight excluding hydrogens is 320 g/mol. The van der Waals surface area contributed by atoms with Crippen molar-refractivity contribution in [1.82, 2.24) is 10.2 Å². The number of aryl methyl sites for hydroxylation is 1. The molecule has 6 heteroatoms. The lowest BCUT2D eigenvalue weighted by molar-refractivity contribution is -0.130. The molecule has 1 aromatic carbocycles. The van der Waals surface area contributed by atoms with Crippen LogP contribution in [0.15, 0.2) is 24.3 Å². The van der Waals surface area contributed by atoms with E-state index in [1.54, 1.807) is 24.3 Å². The Bertz CT molecular complexity index is 598. The van der Waals surface area contributed by atoms with E-state index in [0.29, 0.717) is 32.4 Å². The molecular formula is C19H26N2O4. The van der Waals surface area contributed by atoms with Gasteiger partial charge in [0.05, 0.1) is 5.56 Å². The zero-order chi connectivity index (χ0) is 18.1. The number of rotatable bonds is 8.